The number of urea groups is 1. The molecule has 2 saturated heterocycles. The van der Waals surface area contributed by atoms with Crippen LogP contribution in [0.1, 0.15) is 105 Å². The number of likely N-dealkylation sites (tertiary alicyclic amines) is 1. The van der Waals surface area contributed by atoms with Gasteiger partial charge in [-0.1, -0.05) is 59.8 Å². The summed E-state index contributed by atoms with van der Waals surface area (Å²) in [6.07, 6.45) is 7.88. The van der Waals surface area contributed by atoms with Crippen LogP contribution in [0.5, 0.6) is 0 Å². The Balaban J connectivity index is 1.34. The fourth-order valence-electron chi connectivity index (χ4n) is 8.04. The van der Waals surface area contributed by atoms with Crippen LogP contribution >= 0.6 is 23.2 Å². The lowest BCUT2D eigenvalue weighted by molar-refractivity contribution is -0.144. The van der Waals surface area contributed by atoms with Gasteiger partial charge in [0.15, 0.2) is 9.84 Å². The molecule has 48 heavy (non-hydrogen) atoms. The van der Waals surface area contributed by atoms with Crippen LogP contribution < -0.4 is 21.3 Å². The van der Waals surface area contributed by atoms with Crippen LogP contribution in [0.25, 0.3) is 0 Å². The zero-order chi connectivity index (χ0) is 35.2. The Morgan fingerprint density at radius 1 is 0.958 bits per heavy atom. The molecule has 2 unspecified atom stereocenters. The molecule has 6 atom stereocenters. The van der Waals surface area contributed by atoms with Gasteiger partial charge in [-0.15, -0.1) is 23.2 Å². The van der Waals surface area contributed by atoms with E-state index in [1.54, 1.807) is 20.8 Å². The quantitative estimate of drug-likeness (QED) is 0.177. The van der Waals surface area contributed by atoms with Crippen molar-refractivity contribution in [1.29, 1.82) is 0 Å². The molecule has 270 valence electrons. The summed E-state index contributed by atoms with van der Waals surface area (Å²) in [5, 5.41) is 10.6. The van der Waals surface area contributed by atoms with Gasteiger partial charge in [0.2, 0.25) is 17.6 Å². The monoisotopic (exact) mass is 731 g/mol. The number of alkyl halides is 2. The van der Waals surface area contributed by atoms with Crippen LogP contribution in [-0.4, -0.2) is 94.4 Å². The van der Waals surface area contributed by atoms with E-state index >= 15 is 0 Å². The summed E-state index contributed by atoms with van der Waals surface area (Å²) in [7, 11) is -3.37. The second-order valence-corrected chi connectivity index (χ2v) is 19.4. The van der Waals surface area contributed by atoms with Crippen molar-refractivity contribution in [3.63, 3.8) is 0 Å². The van der Waals surface area contributed by atoms with E-state index in [1.807, 2.05) is 6.92 Å². The molecule has 4 N–H and O–H groups in total. The fraction of sp³-hybridized carbons (Fsp3) is 0.848. The molecule has 2 aliphatic heterocycles. The summed E-state index contributed by atoms with van der Waals surface area (Å²) in [4.78, 5) is 69.2. The van der Waals surface area contributed by atoms with Gasteiger partial charge in [0.1, 0.15) is 16.4 Å². The van der Waals surface area contributed by atoms with E-state index in [1.165, 1.54) is 4.90 Å². The molecule has 3 aliphatic carbocycles. The first-order valence-corrected chi connectivity index (χ1v) is 20.0. The van der Waals surface area contributed by atoms with Crippen molar-refractivity contribution in [2.45, 2.75) is 144 Å². The highest BCUT2D eigenvalue weighted by atomic mass is 35.5. The fourth-order valence-corrected chi connectivity index (χ4v) is 11.2. The molecule has 0 bridgehead atoms. The number of ketones is 1. The summed E-state index contributed by atoms with van der Waals surface area (Å²) in [6.45, 7) is 7.40. The van der Waals surface area contributed by atoms with Gasteiger partial charge < -0.3 is 26.2 Å². The first-order valence-electron chi connectivity index (χ1n) is 17.6. The van der Waals surface area contributed by atoms with E-state index in [4.69, 9.17) is 23.2 Å². The van der Waals surface area contributed by atoms with E-state index in [2.05, 4.69) is 21.3 Å². The van der Waals surface area contributed by atoms with Crippen LogP contribution in [0.15, 0.2) is 0 Å². The van der Waals surface area contributed by atoms with E-state index < -0.39 is 89.9 Å². The Hall–Kier alpha value is -2.12. The van der Waals surface area contributed by atoms with Gasteiger partial charge in [0.25, 0.3) is 5.91 Å². The Morgan fingerprint density at radius 2 is 1.62 bits per heavy atom. The van der Waals surface area contributed by atoms with Crippen LogP contribution in [0.3, 0.4) is 0 Å². The maximum atomic E-state index is 14.4. The van der Waals surface area contributed by atoms with Crippen LogP contribution in [0, 0.1) is 17.3 Å². The molecule has 3 saturated carbocycles. The molecule has 0 spiro atoms. The standard InChI is InChI=1S/C33H51Cl2N5O7S/c1-5-6-11-21(25(41)28(43)36-19-13-14-19)37-27(42)24-23-20(33(23,34)35)18-40(24)29(44)26(31(2,3)4)38-30(45)39-32(15-8-7-9-16-32)22-12-10-17-48(22,46)47/h19-24,26H,5-18H2,1-4H3,(H,36,43)(H,37,42)(H2,38,39,45)/t20?,21-,22?,23+,24-,26+/m0/s1. The molecule has 5 amide bonds. The smallest absolute Gasteiger partial charge is 0.315 e. The van der Waals surface area contributed by atoms with Gasteiger partial charge in [0, 0.05) is 24.4 Å². The number of hydrogen-bond donors (Lipinski definition) is 4. The molecule has 0 radical (unpaired) electrons. The van der Waals surface area contributed by atoms with Crippen molar-refractivity contribution >= 4 is 62.6 Å². The third-order valence-electron chi connectivity index (χ3n) is 10.9. The Kier molecular flexibility index (Phi) is 10.7. The highest BCUT2D eigenvalue weighted by molar-refractivity contribution is 7.92. The molecule has 0 aromatic rings. The number of carbonyl (C=O) groups is 5. The SMILES string of the molecule is CCCC[C@H](NC(=O)[C@@H]1[C@H]2C(CN1C(=O)[C@@H](NC(=O)NC1(C3CCCS3(=O)=O)CCCCC1)C(C)(C)C)C2(Cl)Cl)C(=O)C(=O)NC1CC1. The van der Waals surface area contributed by atoms with Gasteiger partial charge in [-0.2, -0.15) is 0 Å². The number of Topliss-reactive ketones (excluding diaryl/α,β-unsaturated/α-hetero) is 1. The summed E-state index contributed by atoms with van der Waals surface area (Å²) in [5.41, 5.74) is -1.72. The number of sulfone groups is 1. The van der Waals surface area contributed by atoms with E-state index in [-0.39, 0.29) is 24.8 Å². The molecule has 0 aromatic carbocycles. The predicted octanol–water partition coefficient (Wildman–Crippen LogP) is 3.13. The lowest BCUT2D eigenvalue weighted by Gasteiger charge is -2.43. The van der Waals surface area contributed by atoms with Gasteiger partial charge in [-0.25, -0.2) is 13.2 Å². The van der Waals surface area contributed by atoms with Gasteiger partial charge in [0.05, 0.1) is 22.6 Å². The lowest BCUT2D eigenvalue weighted by atomic mass is 9.78. The van der Waals surface area contributed by atoms with Crippen molar-refractivity contribution in [2.75, 3.05) is 12.3 Å². The summed E-state index contributed by atoms with van der Waals surface area (Å²) >= 11 is 13.1. The number of nitrogens with zero attached hydrogens (tertiary/aromatic N) is 1. The van der Waals surface area contributed by atoms with E-state index in [9.17, 15) is 32.4 Å². The van der Waals surface area contributed by atoms with Crippen LogP contribution in [0.2, 0.25) is 0 Å². The maximum absolute atomic E-state index is 14.4. The number of rotatable bonds is 12. The van der Waals surface area contributed by atoms with Crippen LogP contribution in [-0.2, 0) is 29.0 Å². The first kappa shape index (κ1) is 37.1. The number of carbonyl (C=O) groups excluding carboxylic acids is 5. The summed E-state index contributed by atoms with van der Waals surface area (Å²) in [5.74, 6) is -3.50. The molecule has 5 rings (SSSR count). The average Bonchev–Trinajstić information content (AvgIpc) is 3.79. The summed E-state index contributed by atoms with van der Waals surface area (Å²) in [6, 6.07) is -3.95. The summed E-state index contributed by atoms with van der Waals surface area (Å²) < 4.78 is 24.8. The Morgan fingerprint density at radius 3 is 2.19 bits per heavy atom. The van der Waals surface area contributed by atoms with Crippen molar-refractivity contribution in [3.05, 3.63) is 0 Å². The molecular formula is C33H51Cl2N5O7S. The first-order chi connectivity index (χ1) is 22.4. The molecule has 2 heterocycles. The van der Waals surface area contributed by atoms with Crippen molar-refractivity contribution < 1.29 is 32.4 Å². The lowest BCUT2D eigenvalue weighted by Crippen LogP contribution is -2.65. The minimum absolute atomic E-state index is 0.0261. The minimum atomic E-state index is -3.37. The van der Waals surface area contributed by atoms with Crippen molar-refractivity contribution in [1.82, 2.24) is 26.2 Å². The van der Waals surface area contributed by atoms with Gasteiger partial charge >= 0.3 is 6.03 Å². The largest absolute Gasteiger partial charge is 0.347 e. The molecule has 15 heteroatoms. The Labute approximate surface area is 293 Å². The second-order valence-electron chi connectivity index (χ2n) is 15.7. The van der Waals surface area contributed by atoms with E-state index in [0.717, 1.165) is 38.5 Å². The molecule has 12 nitrogen and oxygen atoms in total. The molecular weight excluding hydrogens is 681 g/mol. The number of hydrogen-bond acceptors (Lipinski definition) is 7. The number of nitrogens with one attached hydrogen (secondary N) is 4. The maximum Gasteiger partial charge on any atom is 0.315 e. The number of halogens is 2. The minimum Gasteiger partial charge on any atom is -0.347 e. The number of piperidine rings is 1. The van der Waals surface area contributed by atoms with Crippen molar-refractivity contribution in [3.8, 4) is 0 Å². The normalized spacial score (nSPS) is 29.6. The number of amides is 5. The predicted molar refractivity (Wildman–Crippen MR) is 182 cm³/mol. The van der Waals surface area contributed by atoms with E-state index in [0.29, 0.717) is 32.1 Å². The van der Waals surface area contributed by atoms with Crippen LogP contribution in [0.4, 0.5) is 4.79 Å². The average molecular weight is 733 g/mol. The third-order valence-corrected chi connectivity index (χ3v) is 14.4. The molecule has 0 aromatic heterocycles. The molecule has 5 aliphatic rings. The second kappa shape index (κ2) is 13.9. The topological polar surface area (TPSA) is 171 Å². The molecule has 5 fully saturated rings. The van der Waals surface area contributed by atoms with Gasteiger partial charge in [-0.3, -0.25) is 19.2 Å². The Bertz CT molecular complexity index is 1410. The zero-order valence-electron chi connectivity index (χ0n) is 28.4. The van der Waals surface area contributed by atoms with Crippen molar-refractivity contribution in [2.24, 2.45) is 17.3 Å². The highest BCUT2D eigenvalue weighted by Gasteiger charge is 2.74. The van der Waals surface area contributed by atoms with Gasteiger partial charge in [-0.05, 0) is 50.4 Å². The highest BCUT2D eigenvalue weighted by Crippen LogP contribution is 2.65. The zero-order valence-corrected chi connectivity index (χ0v) is 30.7. The number of unbranched alkanes of at least 4 members (excludes halogenated alkanes) is 1. The third kappa shape index (κ3) is 7.62. The number of fused-ring (bicyclic) bond motifs is 1.